The van der Waals surface area contributed by atoms with Gasteiger partial charge in [0, 0.05) is 17.3 Å². The summed E-state index contributed by atoms with van der Waals surface area (Å²) in [6.45, 7) is 2.91. The van der Waals surface area contributed by atoms with Crippen molar-refractivity contribution in [2.24, 2.45) is 11.1 Å². The van der Waals surface area contributed by atoms with Gasteiger partial charge in [-0.2, -0.15) is 0 Å². The lowest BCUT2D eigenvalue weighted by Crippen LogP contribution is -2.19. The predicted octanol–water partition coefficient (Wildman–Crippen LogP) is 1.99. The van der Waals surface area contributed by atoms with Gasteiger partial charge in [0.25, 0.3) is 0 Å². The third-order valence-corrected chi connectivity index (χ3v) is 4.25. The molecule has 0 amide bonds. The van der Waals surface area contributed by atoms with Crippen molar-refractivity contribution in [1.29, 1.82) is 0 Å². The van der Waals surface area contributed by atoms with Gasteiger partial charge in [0.15, 0.2) is 4.96 Å². The van der Waals surface area contributed by atoms with E-state index >= 15 is 0 Å². The second-order valence-electron chi connectivity index (χ2n) is 4.58. The largest absolute Gasteiger partial charge is 0.330 e. The normalized spacial score (nSPS) is 18.5. The van der Waals surface area contributed by atoms with E-state index < -0.39 is 0 Å². The van der Waals surface area contributed by atoms with Gasteiger partial charge in [-0.3, -0.25) is 4.40 Å². The van der Waals surface area contributed by atoms with Gasteiger partial charge in [-0.15, -0.1) is 11.3 Å². The molecule has 0 saturated heterocycles. The molecular formula is C11H15N3S. The lowest BCUT2D eigenvalue weighted by atomic mass is 10.00. The molecule has 0 bridgehead atoms. The van der Waals surface area contributed by atoms with Crippen LogP contribution in [0.2, 0.25) is 0 Å². The Labute approximate surface area is 92.9 Å². The molecule has 2 heterocycles. The Morgan fingerprint density at radius 3 is 3.07 bits per heavy atom. The van der Waals surface area contributed by atoms with Gasteiger partial charge in [0.05, 0.1) is 5.69 Å². The van der Waals surface area contributed by atoms with E-state index in [1.165, 1.54) is 24.2 Å². The van der Waals surface area contributed by atoms with E-state index in [4.69, 9.17) is 5.73 Å². The highest BCUT2D eigenvalue weighted by Crippen LogP contribution is 2.47. The minimum atomic E-state index is 0.392. The number of aryl methyl sites for hydroxylation is 1. The number of nitrogens with zero attached hydrogens (tertiary/aromatic N) is 2. The smallest absolute Gasteiger partial charge is 0.194 e. The average Bonchev–Trinajstić information content (AvgIpc) is 2.77. The molecule has 4 heteroatoms. The zero-order valence-electron chi connectivity index (χ0n) is 8.86. The molecule has 2 aromatic heterocycles. The average molecular weight is 221 g/mol. The van der Waals surface area contributed by atoms with Crippen LogP contribution in [0.25, 0.3) is 4.96 Å². The van der Waals surface area contributed by atoms with Crippen LogP contribution in [0.3, 0.4) is 0 Å². The highest BCUT2D eigenvalue weighted by atomic mass is 32.1. The first kappa shape index (κ1) is 9.36. The maximum Gasteiger partial charge on any atom is 0.194 e. The fourth-order valence-corrected chi connectivity index (χ4v) is 2.92. The zero-order valence-corrected chi connectivity index (χ0v) is 9.68. The number of rotatable bonds is 3. The standard InChI is InChI=1S/C11H15N3S/c1-8-9(6-11(7-12)2-3-11)14-4-5-15-10(14)13-8/h4-5H,2-3,6-7,12H2,1H3. The number of imidazole rings is 1. The molecule has 2 N–H and O–H groups in total. The molecule has 3 nitrogen and oxygen atoms in total. The first-order chi connectivity index (χ1) is 7.24. The second kappa shape index (κ2) is 3.06. The van der Waals surface area contributed by atoms with Crippen LogP contribution < -0.4 is 5.73 Å². The van der Waals surface area contributed by atoms with Crippen LogP contribution >= 0.6 is 11.3 Å². The monoisotopic (exact) mass is 221 g/mol. The van der Waals surface area contributed by atoms with Crippen molar-refractivity contribution in [2.45, 2.75) is 26.2 Å². The molecule has 0 atom stereocenters. The van der Waals surface area contributed by atoms with Gasteiger partial charge >= 0.3 is 0 Å². The van der Waals surface area contributed by atoms with E-state index in [1.54, 1.807) is 11.3 Å². The van der Waals surface area contributed by atoms with Crippen LogP contribution in [-0.2, 0) is 6.42 Å². The van der Waals surface area contributed by atoms with Crippen LogP contribution in [0.5, 0.6) is 0 Å². The third-order valence-electron chi connectivity index (χ3n) is 3.49. The van der Waals surface area contributed by atoms with Crippen molar-refractivity contribution in [1.82, 2.24) is 9.38 Å². The molecular weight excluding hydrogens is 206 g/mol. The van der Waals surface area contributed by atoms with Gasteiger partial charge in [-0.1, -0.05) is 0 Å². The Balaban J connectivity index is 2.02. The second-order valence-corrected chi connectivity index (χ2v) is 5.45. The van der Waals surface area contributed by atoms with E-state index in [9.17, 15) is 0 Å². The van der Waals surface area contributed by atoms with E-state index in [0.29, 0.717) is 5.41 Å². The Kier molecular flexibility index (Phi) is 1.91. The Morgan fingerprint density at radius 1 is 1.60 bits per heavy atom. The molecule has 3 rings (SSSR count). The number of hydrogen-bond acceptors (Lipinski definition) is 3. The van der Waals surface area contributed by atoms with Crippen LogP contribution in [-0.4, -0.2) is 15.9 Å². The Morgan fingerprint density at radius 2 is 2.40 bits per heavy atom. The number of thiazole rings is 1. The lowest BCUT2D eigenvalue weighted by molar-refractivity contribution is 0.511. The van der Waals surface area contributed by atoms with Crippen molar-refractivity contribution in [3.8, 4) is 0 Å². The number of aromatic nitrogens is 2. The summed E-state index contributed by atoms with van der Waals surface area (Å²) in [5.74, 6) is 0. The zero-order chi connectivity index (χ0) is 10.5. The summed E-state index contributed by atoms with van der Waals surface area (Å²) in [5.41, 5.74) is 8.74. The molecule has 0 unspecified atom stereocenters. The molecule has 80 valence electrons. The van der Waals surface area contributed by atoms with Gasteiger partial charge < -0.3 is 5.73 Å². The molecule has 1 aliphatic carbocycles. The number of nitrogens with two attached hydrogens (primary N) is 1. The van der Waals surface area contributed by atoms with E-state index in [-0.39, 0.29) is 0 Å². The molecule has 0 spiro atoms. The van der Waals surface area contributed by atoms with Crippen LogP contribution in [0.1, 0.15) is 24.2 Å². The summed E-state index contributed by atoms with van der Waals surface area (Å²) >= 11 is 1.70. The summed E-state index contributed by atoms with van der Waals surface area (Å²) in [5, 5.41) is 2.09. The molecule has 0 radical (unpaired) electrons. The minimum absolute atomic E-state index is 0.392. The Hall–Kier alpha value is -0.870. The van der Waals surface area contributed by atoms with E-state index in [1.807, 2.05) is 0 Å². The summed E-state index contributed by atoms with van der Waals surface area (Å²) in [7, 11) is 0. The van der Waals surface area contributed by atoms with Crippen molar-refractivity contribution in [3.05, 3.63) is 23.0 Å². The maximum absolute atomic E-state index is 5.83. The van der Waals surface area contributed by atoms with Crippen molar-refractivity contribution in [2.75, 3.05) is 6.54 Å². The minimum Gasteiger partial charge on any atom is -0.330 e. The van der Waals surface area contributed by atoms with Gasteiger partial charge in [0.2, 0.25) is 0 Å². The molecule has 2 aromatic rings. The topological polar surface area (TPSA) is 43.3 Å². The SMILES string of the molecule is Cc1nc2sccn2c1CC1(CN)CC1. The summed E-state index contributed by atoms with van der Waals surface area (Å²) in [6, 6.07) is 0. The van der Waals surface area contributed by atoms with Crippen molar-refractivity contribution >= 4 is 16.3 Å². The summed E-state index contributed by atoms with van der Waals surface area (Å²) in [4.78, 5) is 5.67. The third kappa shape index (κ3) is 1.40. The predicted molar refractivity (Wildman–Crippen MR) is 62.2 cm³/mol. The molecule has 1 aliphatic rings. The van der Waals surface area contributed by atoms with Gasteiger partial charge in [-0.25, -0.2) is 4.98 Å². The first-order valence-corrected chi connectivity index (χ1v) is 6.23. The van der Waals surface area contributed by atoms with Crippen molar-refractivity contribution < 1.29 is 0 Å². The highest BCUT2D eigenvalue weighted by molar-refractivity contribution is 7.15. The molecule has 15 heavy (non-hydrogen) atoms. The number of fused-ring (bicyclic) bond motifs is 1. The first-order valence-electron chi connectivity index (χ1n) is 5.35. The van der Waals surface area contributed by atoms with Crippen LogP contribution in [0.15, 0.2) is 11.6 Å². The summed E-state index contributed by atoms with van der Waals surface area (Å²) < 4.78 is 2.22. The van der Waals surface area contributed by atoms with Gasteiger partial charge in [0.1, 0.15) is 0 Å². The quantitative estimate of drug-likeness (QED) is 0.861. The fourth-order valence-electron chi connectivity index (χ4n) is 2.14. The molecule has 1 saturated carbocycles. The molecule has 1 fully saturated rings. The van der Waals surface area contributed by atoms with Crippen LogP contribution in [0.4, 0.5) is 0 Å². The molecule has 0 aromatic carbocycles. The fraction of sp³-hybridized carbons (Fsp3) is 0.545. The van der Waals surface area contributed by atoms with Crippen molar-refractivity contribution in [3.63, 3.8) is 0 Å². The van der Waals surface area contributed by atoms with Crippen LogP contribution in [0, 0.1) is 12.3 Å². The number of hydrogen-bond donors (Lipinski definition) is 1. The molecule has 0 aliphatic heterocycles. The lowest BCUT2D eigenvalue weighted by Gasteiger charge is -2.11. The Bertz CT molecular complexity index is 493. The highest BCUT2D eigenvalue weighted by Gasteiger charge is 2.42. The van der Waals surface area contributed by atoms with Gasteiger partial charge in [-0.05, 0) is 38.1 Å². The van der Waals surface area contributed by atoms with E-state index in [2.05, 4.69) is 27.9 Å². The maximum atomic E-state index is 5.83. The summed E-state index contributed by atoms with van der Waals surface area (Å²) in [6.07, 6.45) is 5.76. The van der Waals surface area contributed by atoms with E-state index in [0.717, 1.165) is 17.9 Å².